The number of aryl methyl sites for hydroxylation is 1. The Bertz CT molecular complexity index is 1190. The summed E-state index contributed by atoms with van der Waals surface area (Å²) in [5.74, 6) is -0.208. The molecule has 0 bridgehead atoms. The van der Waals surface area contributed by atoms with Gasteiger partial charge < -0.3 is 10.6 Å². The lowest BCUT2D eigenvalue weighted by Crippen LogP contribution is -2.19. The van der Waals surface area contributed by atoms with Gasteiger partial charge in [-0.25, -0.2) is 9.78 Å². The van der Waals surface area contributed by atoms with Crippen molar-refractivity contribution in [1.29, 1.82) is 0 Å². The van der Waals surface area contributed by atoms with Crippen molar-refractivity contribution in [3.63, 3.8) is 0 Å². The number of amides is 3. The molecule has 0 spiro atoms. The molecule has 0 aliphatic carbocycles. The highest BCUT2D eigenvalue weighted by molar-refractivity contribution is 7.22. The largest absolute Gasteiger partial charge is 0.323 e. The highest BCUT2D eigenvalue weighted by Crippen LogP contribution is 2.29. The zero-order chi connectivity index (χ0) is 20.2. The molecule has 3 aromatic carbocycles. The molecule has 0 aliphatic rings. The summed E-state index contributed by atoms with van der Waals surface area (Å²) in [5.41, 5.74) is 3.72. The van der Waals surface area contributed by atoms with Crippen LogP contribution in [-0.4, -0.2) is 16.9 Å². The molecule has 6 nitrogen and oxygen atoms in total. The third-order valence-electron chi connectivity index (χ3n) is 4.30. The number of carbonyl (C=O) groups is 2. The maximum Gasteiger partial charge on any atom is 0.323 e. The van der Waals surface area contributed by atoms with Crippen molar-refractivity contribution in [3.05, 3.63) is 83.9 Å². The predicted octanol–water partition coefficient (Wildman–Crippen LogP) is 5.50. The quantitative estimate of drug-likeness (QED) is 0.421. The molecule has 0 radical (unpaired) electrons. The lowest BCUT2D eigenvalue weighted by molar-refractivity contribution is 0.102. The number of benzene rings is 3. The number of anilines is 3. The van der Waals surface area contributed by atoms with Crippen molar-refractivity contribution in [2.45, 2.75) is 6.92 Å². The first-order chi connectivity index (χ1) is 14.1. The fraction of sp³-hybridized carbons (Fsp3) is 0.0455. The predicted molar refractivity (Wildman–Crippen MR) is 118 cm³/mol. The Morgan fingerprint density at radius 3 is 2.41 bits per heavy atom. The van der Waals surface area contributed by atoms with Gasteiger partial charge in [0.15, 0.2) is 5.13 Å². The summed E-state index contributed by atoms with van der Waals surface area (Å²) in [6.07, 6.45) is 0. The average Bonchev–Trinajstić information content (AvgIpc) is 3.12. The minimum absolute atomic E-state index is 0.208. The van der Waals surface area contributed by atoms with E-state index in [1.807, 2.05) is 61.5 Å². The van der Waals surface area contributed by atoms with Gasteiger partial charge in [0.05, 0.1) is 10.2 Å². The number of carbonyl (C=O) groups excluding carboxylic acids is 2. The number of hydrogen-bond acceptors (Lipinski definition) is 4. The van der Waals surface area contributed by atoms with E-state index in [2.05, 4.69) is 20.9 Å². The number of aromatic nitrogens is 1. The first-order valence-electron chi connectivity index (χ1n) is 8.99. The second kappa shape index (κ2) is 8.12. The van der Waals surface area contributed by atoms with Crippen molar-refractivity contribution in [2.75, 3.05) is 16.0 Å². The molecule has 0 fully saturated rings. The molecular formula is C22H18N4O2S. The van der Waals surface area contributed by atoms with Crippen LogP contribution >= 0.6 is 11.3 Å². The van der Waals surface area contributed by atoms with Gasteiger partial charge in [-0.05, 0) is 48.9 Å². The van der Waals surface area contributed by atoms with Crippen molar-refractivity contribution >= 4 is 50.0 Å². The van der Waals surface area contributed by atoms with E-state index in [-0.39, 0.29) is 11.9 Å². The van der Waals surface area contributed by atoms with Gasteiger partial charge in [0.25, 0.3) is 5.91 Å². The zero-order valence-electron chi connectivity index (χ0n) is 15.6. The minimum Gasteiger partial charge on any atom is -0.308 e. The van der Waals surface area contributed by atoms with Crippen LogP contribution in [0.15, 0.2) is 72.8 Å². The standard InChI is InChI=1S/C22H18N4O2S/c1-14-7-5-6-10-17(14)24-21(28)23-16-11-12-18-19(13-16)29-22(25-18)26-20(27)15-8-3-2-4-9-15/h2-13H,1H3,(H2,23,24,28)(H,25,26,27). The van der Waals surface area contributed by atoms with Crippen molar-refractivity contribution in [2.24, 2.45) is 0 Å². The van der Waals surface area contributed by atoms with Crippen molar-refractivity contribution in [3.8, 4) is 0 Å². The second-order valence-corrected chi connectivity index (χ2v) is 7.45. The van der Waals surface area contributed by atoms with Crippen LogP contribution in [0.2, 0.25) is 0 Å². The number of hydrogen-bond donors (Lipinski definition) is 3. The molecule has 0 saturated carbocycles. The summed E-state index contributed by atoms with van der Waals surface area (Å²) in [6.45, 7) is 1.93. The third kappa shape index (κ3) is 4.41. The van der Waals surface area contributed by atoms with Crippen molar-refractivity contribution < 1.29 is 9.59 Å². The molecular weight excluding hydrogens is 384 g/mol. The van der Waals surface area contributed by atoms with E-state index in [0.29, 0.717) is 16.4 Å². The number of nitrogens with one attached hydrogen (secondary N) is 3. The summed E-state index contributed by atoms with van der Waals surface area (Å²) < 4.78 is 0.863. The number of urea groups is 1. The Kier molecular flexibility index (Phi) is 5.22. The number of rotatable bonds is 4. The minimum atomic E-state index is -0.319. The first-order valence-corrected chi connectivity index (χ1v) is 9.81. The Hall–Kier alpha value is -3.71. The molecule has 144 valence electrons. The summed E-state index contributed by atoms with van der Waals surface area (Å²) >= 11 is 1.35. The first kappa shape index (κ1) is 18.6. The third-order valence-corrected chi connectivity index (χ3v) is 5.23. The number of para-hydroxylation sites is 1. The molecule has 7 heteroatoms. The highest BCUT2D eigenvalue weighted by Gasteiger charge is 2.11. The topological polar surface area (TPSA) is 83.1 Å². The van der Waals surface area contributed by atoms with Gasteiger partial charge in [-0.15, -0.1) is 0 Å². The van der Waals surface area contributed by atoms with E-state index in [1.165, 1.54) is 11.3 Å². The van der Waals surface area contributed by atoms with Crippen molar-refractivity contribution in [1.82, 2.24) is 4.98 Å². The van der Waals surface area contributed by atoms with Gasteiger partial charge in [0.2, 0.25) is 0 Å². The monoisotopic (exact) mass is 402 g/mol. The van der Waals surface area contributed by atoms with Crippen LogP contribution in [0.3, 0.4) is 0 Å². The fourth-order valence-corrected chi connectivity index (χ4v) is 3.71. The zero-order valence-corrected chi connectivity index (χ0v) is 16.4. The van der Waals surface area contributed by atoms with Crippen LogP contribution in [0.25, 0.3) is 10.2 Å². The average molecular weight is 402 g/mol. The highest BCUT2D eigenvalue weighted by atomic mass is 32.1. The number of nitrogens with zero attached hydrogens (tertiary/aromatic N) is 1. The normalized spacial score (nSPS) is 10.5. The molecule has 1 aromatic heterocycles. The van der Waals surface area contributed by atoms with Crippen LogP contribution in [0.5, 0.6) is 0 Å². The maximum absolute atomic E-state index is 12.3. The number of fused-ring (bicyclic) bond motifs is 1. The van der Waals surface area contributed by atoms with Crippen LogP contribution in [-0.2, 0) is 0 Å². The molecule has 0 aliphatic heterocycles. The fourth-order valence-electron chi connectivity index (χ4n) is 2.81. The molecule has 4 rings (SSSR count). The molecule has 0 atom stereocenters. The summed E-state index contributed by atoms with van der Waals surface area (Å²) in [5, 5.41) is 8.99. The van der Waals surface area contributed by atoms with E-state index in [1.54, 1.807) is 18.2 Å². The van der Waals surface area contributed by atoms with Crippen LogP contribution in [0.1, 0.15) is 15.9 Å². The second-order valence-electron chi connectivity index (χ2n) is 6.42. The van der Waals surface area contributed by atoms with Crippen LogP contribution in [0, 0.1) is 6.92 Å². The van der Waals surface area contributed by atoms with Gasteiger partial charge in [0.1, 0.15) is 0 Å². The van der Waals surface area contributed by atoms with Gasteiger partial charge in [-0.2, -0.15) is 0 Å². The SMILES string of the molecule is Cc1ccccc1NC(=O)Nc1ccc2nc(NC(=O)c3ccccc3)sc2c1. The lowest BCUT2D eigenvalue weighted by atomic mass is 10.2. The number of thiazole rings is 1. The van der Waals surface area contributed by atoms with Gasteiger partial charge in [-0.3, -0.25) is 10.1 Å². The molecule has 1 heterocycles. The molecule has 0 unspecified atom stereocenters. The lowest BCUT2D eigenvalue weighted by Gasteiger charge is -2.09. The Labute approximate surface area is 171 Å². The van der Waals surface area contributed by atoms with E-state index in [9.17, 15) is 9.59 Å². The summed E-state index contributed by atoms with van der Waals surface area (Å²) in [6, 6.07) is 21.7. The van der Waals surface area contributed by atoms with Gasteiger partial charge >= 0.3 is 6.03 Å². The van der Waals surface area contributed by atoms with Crippen LogP contribution < -0.4 is 16.0 Å². The molecule has 3 amide bonds. The summed E-state index contributed by atoms with van der Waals surface area (Å²) in [4.78, 5) is 29.0. The summed E-state index contributed by atoms with van der Waals surface area (Å²) in [7, 11) is 0. The maximum atomic E-state index is 12.3. The molecule has 4 aromatic rings. The van der Waals surface area contributed by atoms with E-state index in [0.717, 1.165) is 21.5 Å². The van der Waals surface area contributed by atoms with E-state index >= 15 is 0 Å². The molecule has 0 saturated heterocycles. The smallest absolute Gasteiger partial charge is 0.308 e. The van der Waals surface area contributed by atoms with Gasteiger partial charge in [0, 0.05) is 16.9 Å². The Balaban J connectivity index is 1.46. The van der Waals surface area contributed by atoms with Gasteiger partial charge in [-0.1, -0.05) is 47.7 Å². The Morgan fingerprint density at radius 1 is 0.862 bits per heavy atom. The molecule has 3 N–H and O–H groups in total. The van der Waals surface area contributed by atoms with E-state index in [4.69, 9.17) is 0 Å². The Morgan fingerprint density at radius 2 is 1.62 bits per heavy atom. The molecule has 29 heavy (non-hydrogen) atoms. The van der Waals surface area contributed by atoms with Crippen LogP contribution in [0.4, 0.5) is 21.3 Å². The van der Waals surface area contributed by atoms with E-state index < -0.39 is 0 Å².